The van der Waals surface area contributed by atoms with E-state index in [1.165, 1.54) is 5.56 Å². The molecule has 0 bridgehead atoms. The second kappa shape index (κ2) is 8.84. The molecule has 0 aromatic carbocycles. The first kappa shape index (κ1) is 17.7. The van der Waals surface area contributed by atoms with Gasteiger partial charge < -0.3 is 20.2 Å². The van der Waals surface area contributed by atoms with Gasteiger partial charge in [0, 0.05) is 38.9 Å². The summed E-state index contributed by atoms with van der Waals surface area (Å²) in [6.07, 6.45) is 4.71. The summed E-state index contributed by atoms with van der Waals surface area (Å²) in [7, 11) is 1.80. The topological polar surface area (TPSA) is 68.7 Å². The largest absolute Gasteiger partial charge is 0.395 e. The van der Waals surface area contributed by atoms with Gasteiger partial charge >= 0.3 is 6.03 Å². The number of rotatable bonds is 6. The van der Waals surface area contributed by atoms with Gasteiger partial charge in [-0.05, 0) is 30.9 Å². The van der Waals surface area contributed by atoms with Crippen molar-refractivity contribution in [2.75, 3.05) is 33.3 Å². The summed E-state index contributed by atoms with van der Waals surface area (Å²) >= 11 is 0. The van der Waals surface area contributed by atoms with Crippen LogP contribution < -0.4 is 5.32 Å². The standard InChI is InChI=1S/C17H28N4O2/c1-3-14-4-5-16(18-12-14)13-20(2)17(23)19-15-6-8-21(9-7-15)10-11-22/h4-5,12,15,22H,3,6-11,13H2,1-2H3,(H,19,23). The van der Waals surface area contributed by atoms with Gasteiger partial charge in [0.05, 0.1) is 18.8 Å². The van der Waals surface area contributed by atoms with Crippen LogP contribution in [0.5, 0.6) is 0 Å². The van der Waals surface area contributed by atoms with Crippen molar-refractivity contribution >= 4 is 6.03 Å². The number of piperidine rings is 1. The molecule has 0 spiro atoms. The van der Waals surface area contributed by atoms with Crippen LogP contribution in [0.25, 0.3) is 0 Å². The molecule has 2 heterocycles. The van der Waals surface area contributed by atoms with E-state index in [4.69, 9.17) is 5.11 Å². The molecule has 6 nitrogen and oxygen atoms in total. The first-order valence-corrected chi connectivity index (χ1v) is 8.41. The Morgan fingerprint density at radius 1 is 1.43 bits per heavy atom. The zero-order chi connectivity index (χ0) is 16.7. The van der Waals surface area contributed by atoms with E-state index in [1.807, 2.05) is 12.3 Å². The molecule has 0 unspecified atom stereocenters. The van der Waals surface area contributed by atoms with Crippen LogP contribution in [0.4, 0.5) is 4.79 Å². The van der Waals surface area contributed by atoms with Crippen LogP contribution in [0, 0.1) is 0 Å². The third-order valence-corrected chi connectivity index (χ3v) is 4.37. The molecule has 1 aliphatic heterocycles. The van der Waals surface area contributed by atoms with E-state index < -0.39 is 0 Å². The summed E-state index contributed by atoms with van der Waals surface area (Å²) in [4.78, 5) is 20.6. The average Bonchev–Trinajstić information content (AvgIpc) is 2.57. The maximum Gasteiger partial charge on any atom is 0.317 e. The van der Waals surface area contributed by atoms with Gasteiger partial charge in [-0.2, -0.15) is 0 Å². The molecule has 0 atom stereocenters. The summed E-state index contributed by atoms with van der Waals surface area (Å²) < 4.78 is 0. The molecule has 128 valence electrons. The number of aromatic nitrogens is 1. The Morgan fingerprint density at radius 3 is 2.74 bits per heavy atom. The minimum absolute atomic E-state index is 0.0491. The molecular weight excluding hydrogens is 292 g/mol. The number of hydrogen-bond acceptors (Lipinski definition) is 4. The van der Waals surface area contributed by atoms with Crippen molar-refractivity contribution in [2.24, 2.45) is 0 Å². The third kappa shape index (κ3) is 5.48. The smallest absolute Gasteiger partial charge is 0.317 e. The summed E-state index contributed by atoms with van der Waals surface area (Å²) in [6, 6.07) is 4.21. The number of urea groups is 1. The fourth-order valence-corrected chi connectivity index (χ4v) is 2.80. The van der Waals surface area contributed by atoms with Crippen LogP contribution in [-0.4, -0.2) is 65.3 Å². The van der Waals surface area contributed by atoms with Crippen LogP contribution >= 0.6 is 0 Å². The first-order chi connectivity index (χ1) is 11.1. The van der Waals surface area contributed by atoms with Crippen LogP contribution in [0.1, 0.15) is 31.0 Å². The van der Waals surface area contributed by atoms with Crippen LogP contribution in [0.15, 0.2) is 18.3 Å². The molecule has 23 heavy (non-hydrogen) atoms. The number of aryl methyl sites for hydroxylation is 1. The second-order valence-electron chi connectivity index (χ2n) is 6.16. The van der Waals surface area contributed by atoms with E-state index >= 15 is 0 Å². The number of aliphatic hydroxyl groups excluding tert-OH is 1. The Morgan fingerprint density at radius 2 is 2.17 bits per heavy atom. The van der Waals surface area contributed by atoms with Crippen molar-refractivity contribution in [3.63, 3.8) is 0 Å². The zero-order valence-corrected chi connectivity index (χ0v) is 14.2. The lowest BCUT2D eigenvalue weighted by Gasteiger charge is -2.32. The Bertz CT molecular complexity index is 484. The second-order valence-corrected chi connectivity index (χ2v) is 6.16. The van der Waals surface area contributed by atoms with Crippen LogP contribution in [-0.2, 0) is 13.0 Å². The predicted molar refractivity (Wildman–Crippen MR) is 90.2 cm³/mol. The quantitative estimate of drug-likeness (QED) is 0.827. The molecule has 6 heteroatoms. The van der Waals surface area contributed by atoms with Crippen molar-refractivity contribution in [3.8, 4) is 0 Å². The lowest BCUT2D eigenvalue weighted by Crippen LogP contribution is -2.48. The van der Waals surface area contributed by atoms with Crippen molar-refractivity contribution < 1.29 is 9.90 Å². The Labute approximate surface area is 138 Å². The minimum atomic E-state index is -0.0491. The van der Waals surface area contributed by atoms with Crippen molar-refractivity contribution in [1.29, 1.82) is 0 Å². The van der Waals surface area contributed by atoms with E-state index in [2.05, 4.69) is 28.2 Å². The van der Waals surface area contributed by atoms with Crippen molar-refractivity contribution in [3.05, 3.63) is 29.6 Å². The van der Waals surface area contributed by atoms with E-state index in [0.29, 0.717) is 6.54 Å². The molecule has 1 fully saturated rings. The third-order valence-electron chi connectivity index (χ3n) is 4.37. The Balaban J connectivity index is 1.76. The van der Waals surface area contributed by atoms with Crippen LogP contribution in [0.3, 0.4) is 0 Å². The minimum Gasteiger partial charge on any atom is -0.395 e. The number of pyridine rings is 1. The normalized spacial score (nSPS) is 16.3. The number of carbonyl (C=O) groups is 1. The highest BCUT2D eigenvalue weighted by Gasteiger charge is 2.21. The SMILES string of the molecule is CCc1ccc(CN(C)C(=O)NC2CCN(CCO)CC2)nc1. The summed E-state index contributed by atoms with van der Waals surface area (Å²) in [5, 5.41) is 12.0. The van der Waals surface area contributed by atoms with E-state index in [9.17, 15) is 4.79 Å². The highest BCUT2D eigenvalue weighted by atomic mass is 16.3. The molecule has 1 saturated heterocycles. The number of nitrogens with zero attached hydrogens (tertiary/aromatic N) is 3. The molecule has 2 amide bonds. The van der Waals surface area contributed by atoms with Crippen LogP contribution in [0.2, 0.25) is 0 Å². The van der Waals surface area contributed by atoms with Gasteiger partial charge in [-0.15, -0.1) is 0 Å². The number of nitrogens with one attached hydrogen (secondary N) is 1. The number of amides is 2. The predicted octanol–water partition coefficient (Wildman–Crippen LogP) is 1.24. The number of aliphatic hydroxyl groups is 1. The number of hydrogen-bond donors (Lipinski definition) is 2. The number of carbonyl (C=O) groups excluding carboxylic acids is 1. The molecule has 1 aromatic heterocycles. The lowest BCUT2D eigenvalue weighted by molar-refractivity contribution is 0.151. The van der Waals surface area contributed by atoms with Gasteiger partial charge in [0.2, 0.25) is 0 Å². The molecule has 1 aromatic rings. The number of β-amino-alcohol motifs (C(OH)–C–C–N with tert-alkyl or cyclic N) is 1. The van der Waals surface area contributed by atoms with Gasteiger partial charge in [0.25, 0.3) is 0 Å². The molecule has 2 N–H and O–H groups in total. The Kier molecular flexibility index (Phi) is 6.80. The summed E-state index contributed by atoms with van der Waals surface area (Å²) in [5.41, 5.74) is 2.10. The van der Waals surface area contributed by atoms with Crippen molar-refractivity contribution in [2.45, 2.75) is 38.8 Å². The monoisotopic (exact) mass is 320 g/mol. The fourth-order valence-electron chi connectivity index (χ4n) is 2.80. The summed E-state index contributed by atoms with van der Waals surface area (Å²) in [5.74, 6) is 0. The van der Waals surface area contributed by atoms with E-state index in [0.717, 1.165) is 44.6 Å². The first-order valence-electron chi connectivity index (χ1n) is 8.41. The van der Waals surface area contributed by atoms with Gasteiger partial charge in [-0.3, -0.25) is 4.98 Å². The molecule has 1 aliphatic rings. The highest BCUT2D eigenvalue weighted by molar-refractivity contribution is 5.74. The average molecular weight is 320 g/mol. The van der Waals surface area contributed by atoms with E-state index in [-0.39, 0.29) is 18.7 Å². The maximum absolute atomic E-state index is 12.3. The van der Waals surface area contributed by atoms with E-state index in [1.54, 1.807) is 11.9 Å². The van der Waals surface area contributed by atoms with Gasteiger partial charge in [-0.1, -0.05) is 13.0 Å². The molecule has 0 saturated carbocycles. The highest BCUT2D eigenvalue weighted by Crippen LogP contribution is 2.10. The fraction of sp³-hybridized carbons (Fsp3) is 0.647. The number of likely N-dealkylation sites (tertiary alicyclic amines) is 1. The van der Waals surface area contributed by atoms with Gasteiger partial charge in [0.15, 0.2) is 0 Å². The van der Waals surface area contributed by atoms with Crippen molar-refractivity contribution in [1.82, 2.24) is 20.1 Å². The maximum atomic E-state index is 12.3. The lowest BCUT2D eigenvalue weighted by atomic mass is 10.1. The zero-order valence-electron chi connectivity index (χ0n) is 14.2. The van der Waals surface area contributed by atoms with Gasteiger partial charge in [0.1, 0.15) is 0 Å². The van der Waals surface area contributed by atoms with Gasteiger partial charge in [-0.25, -0.2) is 4.79 Å². The Hall–Kier alpha value is -1.66. The molecular formula is C17H28N4O2. The molecule has 0 radical (unpaired) electrons. The summed E-state index contributed by atoms with van der Waals surface area (Å²) in [6.45, 7) is 5.38. The molecule has 0 aliphatic carbocycles. The molecule has 2 rings (SSSR count).